The van der Waals surface area contributed by atoms with Gasteiger partial charge in [-0.25, -0.2) is 4.79 Å². The molecule has 3 nitrogen and oxygen atoms in total. The summed E-state index contributed by atoms with van der Waals surface area (Å²) in [4.78, 5) is 12.2. The molecule has 0 bridgehead atoms. The second-order valence-electron chi connectivity index (χ2n) is 4.08. The van der Waals surface area contributed by atoms with Crippen LogP contribution in [0.5, 0.6) is 11.5 Å². The van der Waals surface area contributed by atoms with Crippen LogP contribution in [0, 0.1) is 6.92 Å². The largest absolute Gasteiger partial charge is 0.493 e. The Morgan fingerprint density at radius 2 is 1.63 bits per heavy atom. The average molecular weight is 256 g/mol. The summed E-state index contributed by atoms with van der Waals surface area (Å²) >= 11 is 0. The number of ether oxygens (including phenoxy) is 2. The van der Waals surface area contributed by atoms with Gasteiger partial charge in [0.1, 0.15) is 17.1 Å². The predicted octanol–water partition coefficient (Wildman–Crippen LogP) is 3.61. The lowest BCUT2D eigenvalue weighted by molar-refractivity contribution is 0.0729. The third kappa shape index (κ3) is 3.13. The molecule has 0 saturated heterocycles. The van der Waals surface area contributed by atoms with E-state index in [1.165, 1.54) is 0 Å². The Morgan fingerprint density at radius 1 is 1.00 bits per heavy atom. The molecule has 3 heteroatoms. The van der Waals surface area contributed by atoms with Crippen LogP contribution in [0.4, 0.5) is 0 Å². The molecule has 0 saturated carbocycles. The summed E-state index contributed by atoms with van der Waals surface area (Å²) in [6.07, 6.45) is 0. The number of esters is 1. The number of carbonyl (C=O) groups excluding carboxylic acids is 1. The Hall–Kier alpha value is -2.29. The van der Waals surface area contributed by atoms with Gasteiger partial charge in [0, 0.05) is 0 Å². The molecular formula is C16H16O3. The van der Waals surface area contributed by atoms with Crippen molar-refractivity contribution in [3.05, 3.63) is 59.7 Å². The van der Waals surface area contributed by atoms with E-state index in [4.69, 9.17) is 9.47 Å². The van der Waals surface area contributed by atoms with Gasteiger partial charge in [0.15, 0.2) is 0 Å². The van der Waals surface area contributed by atoms with E-state index in [9.17, 15) is 4.79 Å². The zero-order chi connectivity index (χ0) is 13.7. The minimum atomic E-state index is -0.404. The van der Waals surface area contributed by atoms with E-state index in [-0.39, 0.29) is 0 Å². The number of hydrogen-bond donors (Lipinski definition) is 0. The summed E-state index contributed by atoms with van der Waals surface area (Å²) < 4.78 is 10.8. The zero-order valence-electron chi connectivity index (χ0n) is 11.1. The van der Waals surface area contributed by atoms with Crippen LogP contribution in [0.15, 0.2) is 48.5 Å². The van der Waals surface area contributed by atoms with E-state index in [0.717, 1.165) is 5.56 Å². The van der Waals surface area contributed by atoms with Gasteiger partial charge in [0.25, 0.3) is 0 Å². The molecule has 2 aromatic rings. The maximum atomic E-state index is 12.2. The molecule has 98 valence electrons. The Morgan fingerprint density at radius 3 is 2.32 bits per heavy atom. The predicted molar refractivity (Wildman–Crippen MR) is 73.7 cm³/mol. The SMILES string of the molecule is CCOc1ccccc1C(=O)Oc1ccccc1C. The third-order valence-electron chi connectivity index (χ3n) is 2.70. The second kappa shape index (κ2) is 6.05. The zero-order valence-corrected chi connectivity index (χ0v) is 11.1. The first kappa shape index (κ1) is 13.1. The van der Waals surface area contributed by atoms with E-state index in [1.807, 2.05) is 38.1 Å². The van der Waals surface area contributed by atoms with Crippen molar-refractivity contribution in [1.29, 1.82) is 0 Å². The van der Waals surface area contributed by atoms with Crippen LogP contribution in [-0.4, -0.2) is 12.6 Å². The summed E-state index contributed by atoms with van der Waals surface area (Å²) in [5.74, 6) is 0.709. The molecule has 0 aliphatic rings. The third-order valence-corrected chi connectivity index (χ3v) is 2.70. The molecule has 0 spiro atoms. The van der Waals surface area contributed by atoms with E-state index >= 15 is 0 Å². The van der Waals surface area contributed by atoms with Gasteiger partial charge in [-0.2, -0.15) is 0 Å². The molecule has 0 aromatic heterocycles. The number of rotatable bonds is 4. The van der Waals surface area contributed by atoms with Crippen LogP contribution in [0.3, 0.4) is 0 Å². The lowest BCUT2D eigenvalue weighted by Crippen LogP contribution is -2.11. The van der Waals surface area contributed by atoms with Gasteiger partial charge in [0.2, 0.25) is 0 Å². The fourth-order valence-electron chi connectivity index (χ4n) is 1.74. The maximum absolute atomic E-state index is 12.2. The maximum Gasteiger partial charge on any atom is 0.347 e. The minimum Gasteiger partial charge on any atom is -0.493 e. The molecule has 0 atom stereocenters. The van der Waals surface area contributed by atoms with Gasteiger partial charge in [-0.3, -0.25) is 0 Å². The van der Waals surface area contributed by atoms with Gasteiger partial charge in [-0.1, -0.05) is 30.3 Å². The molecule has 2 aromatic carbocycles. The molecular weight excluding hydrogens is 240 g/mol. The summed E-state index contributed by atoms with van der Waals surface area (Å²) in [5.41, 5.74) is 1.36. The first-order chi connectivity index (χ1) is 9.22. The number of aryl methyl sites for hydroxylation is 1. The van der Waals surface area contributed by atoms with Crippen LogP contribution in [0.25, 0.3) is 0 Å². The second-order valence-corrected chi connectivity index (χ2v) is 4.08. The van der Waals surface area contributed by atoms with E-state index in [0.29, 0.717) is 23.7 Å². The Kier molecular flexibility index (Phi) is 4.18. The van der Waals surface area contributed by atoms with Crippen molar-refractivity contribution in [2.45, 2.75) is 13.8 Å². The molecule has 0 radical (unpaired) electrons. The van der Waals surface area contributed by atoms with E-state index in [2.05, 4.69) is 0 Å². The van der Waals surface area contributed by atoms with Gasteiger partial charge in [-0.15, -0.1) is 0 Å². The van der Waals surface area contributed by atoms with Gasteiger partial charge < -0.3 is 9.47 Å². The van der Waals surface area contributed by atoms with Crippen LogP contribution in [0.1, 0.15) is 22.8 Å². The molecule has 2 rings (SSSR count). The van der Waals surface area contributed by atoms with Crippen LogP contribution in [-0.2, 0) is 0 Å². The molecule has 0 amide bonds. The number of para-hydroxylation sites is 2. The highest BCUT2D eigenvalue weighted by Gasteiger charge is 2.14. The quantitative estimate of drug-likeness (QED) is 0.619. The summed E-state index contributed by atoms with van der Waals surface area (Å²) in [5, 5.41) is 0. The van der Waals surface area contributed by atoms with Gasteiger partial charge in [0.05, 0.1) is 6.61 Å². The van der Waals surface area contributed by atoms with Crippen molar-refractivity contribution in [1.82, 2.24) is 0 Å². The van der Waals surface area contributed by atoms with Crippen molar-refractivity contribution < 1.29 is 14.3 Å². The highest BCUT2D eigenvalue weighted by molar-refractivity contribution is 5.94. The molecule has 0 aliphatic carbocycles. The number of hydrogen-bond acceptors (Lipinski definition) is 3. The summed E-state index contributed by atoms with van der Waals surface area (Å²) in [6, 6.07) is 14.5. The molecule has 0 aliphatic heterocycles. The van der Waals surface area contributed by atoms with E-state index in [1.54, 1.807) is 24.3 Å². The lowest BCUT2D eigenvalue weighted by atomic mass is 10.2. The van der Waals surface area contributed by atoms with Crippen molar-refractivity contribution in [2.24, 2.45) is 0 Å². The van der Waals surface area contributed by atoms with Crippen molar-refractivity contribution in [3.63, 3.8) is 0 Å². The molecule has 0 unspecified atom stereocenters. The Balaban J connectivity index is 2.23. The standard InChI is InChI=1S/C16H16O3/c1-3-18-15-11-7-5-9-13(15)16(17)19-14-10-6-4-8-12(14)2/h4-11H,3H2,1-2H3. The highest BCUT2D eigenvalue weighted by atomic mass is 16.5. The Bertz CT molecular complexity index is 576. The van der Waals surface area contributed by atoms with Gasteiger partial charge >= 0.3 is 5.97 Å². The first-order valence-corrected chi connectivity index (χ1v) is 6.22. The molecule has 0 heterocycles. The topological polar surface area (TPSA) is 35.5 Å². The van der Waals surface area contributed by atoms with Crippen molar-refractivity contribution in [3.8, 4) is 11.5 Å². The van der Waals surface area contributed by atoms with Crippen molar-refractivity contribution in [2.75, 3.05) is 6.61 Å². The van der Waals surface area contributed by atoms with Crippen molar-refractivity contribution >= 4 is 5.97 Å². The monoisotopic (exact) mass is 256 g/mol. The smallest absolute Gasteiger partial charge is 0.347 e. The fraction of sp³-hybridized carbons (Fsp3) is 0.188. The Labute approximate surface area is 112 Å². The molecule has 0 fully saturated rings. The summed E-state index contributed by atoms with van der Waals surface area (Å²) in [6.45, 7) is 4.29. The molecule has 19 heavy (non-hydrogen) atoms. The fourth-order valence-corrected chi connectivity index (χ4v) is 1.74. The van der Waals surface area contributed by atoms with Crippen LogP contribution < -0.4 is 9.47 Å². The molecule has 0 N–H and O–H groups in total. The van der Waals surface area contributed by atoms with Gasteiger partial charge in [-0.05, 0) is 37.6 Å². The minimum absolute atomic E-state index is 0.404. The first-order valence-electron chi connectivity index (χ1n) is 6.22. The number of carbonyl (C=O) groups is 1. The summed E-state index contributed by atoms with van der Waals surface area (Å²) in [7, 11) is 0. The van der Waals surface area contributed by atoms with Crippen LogP contribution >= 0.6 is 0 Å². The lowest BCUT2D eigenvalue weighted by Gasteiger charge is -2.10. The number of benzene rings is 2. The normalized spacial score (nSPS) is 10.0. The highest BCUT2D eigenvalue weighted by Crippen LogP contribution is 2.22. The van der Waals surface area contributed by atoms with Crippen LogP contribution in [0.2, 0.25) is 0 Å². The van der Waals surface area contributed by atoms with E-state index < -0.39 is 5.97 Å². The average Bonchev–Trinajstić information content (AvgIpc) is 2.42.